The highest BCUT2D eigenvalue weighted by molar-refractivity contribution is 7.22. The zero-order valence-corrected chi connectivity index (χ0v) is 46.8. The molecule has 0 saturated heterocycles. The van der Waals surface area contributed by atoms with Gasteiger partial charge < -0.3 is 43.0 Å². The molecule has 3 aromatic carbocycles. The highest BCUT2D eigenvalue weighted by Gasteiger charge is 2.37. The number of phenolic OH excluding ortho intramolecular Hbond substituents is 1. The lowest BCUT2D eigenvalue weighted by Gasteiger charge is -2.14. The third kappa shape index (κ3) is 12.4. The zero-order chi connectivity index (χ0) is 60.5. The number of phenols is 1. The van der Waals surface area contributed by atoms with Gasteiger partial charge in [0.25, 0.3) is 0 Å². The Labute approximate surface area is 481 Å². The van der Waals surface area contributed by atoms with Gasteiger partial charge in [0.2, 0.25) is 17.8 Å². The number of anilines is 6. The fraction of sp³-hybridized carbons (Fsp3) is 0.291. The molecule has 9 aromatic rings. The van der Waals surface area contributed by atoms with Crippen molar-refractivity contribution in [1.29, 1.82) is 0 Å². The molecule has 438 valence electrons. The second-order valence-corrected chi connectivity index (χ2v) is 22.9. The van der Waals surface area contributed by atoms with Gasteiger partial charge in [-0.3, -0.25) is 14.4 Å². The van der Waals surface area contributed by atoms with Gasteiger partial charge in [-0.05, 0) is 74.9 Å². The monoisotopic (exact) mass is 1220 g/mol. The van der Waals surface area contributed by atoms with Gasteiger partial charge in [-0.1, -0.05) is 24.3 Å². The predicted octanol–water partition coefficient (Wildman–Crippen LogP) is 13.9. The van der Waals surface area contributed by atoms with Crippen LogP contribution in [0.5, 0.6) is 11.5 Å². The summed E-state index contributed by atoms with van der Waals surface area (Å²) in [6.07, 6.45) is -7.66. The van der Waals surface area contributed by atoms with Crippen molar-refractivity contribution >= 4 is 117 Å². The Morgan fingerprint density at radius 2 is 0.833 bits per heavy atom. The molecule has 3 fully saturated rings. The number of carbonyl (C=O) groups excluding carboxylic acids is 3. The van der Waals surface area contributed by atoms with E-state index in [0.29, 0.717) is 91.7 Å². The number of alkyl halides is 9. The molecule has 17 nitrogen and oxygen atoms in total. The summed E-state index contributed by atoms with van der Waals surface area (Å²) >= 11 is 3.41. The minimum atomic E-state index is -4.68. The van der Waals surface area contributed by atoms with E-state index < -0.39 is 41.0 Å². The molecule has 3 aliphatic rings. The van der Waals surface area contributed by atoms with E-state index in [9.17, 15) is 59.0 Å². The third-order valence-corrected chi connectivity index (χ3v) is 16.9. The number of carbonyl (C=O) groups is 3. The Balaban J connectivity index is 0.000000140. The molecule has 3 aliphatic carbocycles. The van der Waals surface area contributed by atoms with Crippen LogP contribution in [0.25, 0.3) is 64.4 Å². The van der Waals surface area contributed by atoms with E-state index in [1.54, 1.807) is 0 Å². The number of hydrogen-bond acceptors (Lipinski definition) is 20. The first-order chi connectivity index (χ1) is 39.6. The first kappa shape index (κ1) is 58.7. The number of aromatic hydroxyl groups is 1. The van der Waals surface area contributed by atoms with Crippen molar-refractivity contribution in [3.8, 4) is 45.3 Å². The molecule has 84 heavy (non-hydrogen) atoms. The van der Waals surface area contributed by atoms with E-state index in [4.69, 9.17) is 21.9 Å². The van der Waals surface area contributed by atoms with Gasteiger partial charge >= 0.3 is 18.5 Å². The van der Waals surface area contributed by atoms with Gasteiger partial charge in [0.15, 0.2) is 17.3 Å². The molecule has 10 N–H and O–H groups in total. The van der Waals surface area contributed by atoms with Crippen molar-refractivity contribution < 1.29 is 63.7 Å². The summed E-state index contributed by atoms with van der Waals surface area (Å²) in [4.78, 5) is 64.9. The number of aromatic nitrogens is 6. The summed E-state index contributed by atoms with van der Waals surface area (Å²) in [6, 6.07) is 12.1. The Morgan fingerprint density at radius 1 is 0.500 bits per heavy atom. The summed E-state index contributed by atoms with van der Waals surface area (Å²) in [5.41, 5.74) is 18.5. The van der Waals surface area contributed by atoms with Crippen LogP contribution in [0.15, 0.2) is 60.7 Å². The van der Waals surface area contributed by atoms with Crippen LogP contribution in [-0.2, 0) is 18.5 Å². The molecule has 0 aliphatic heterocycles. The number of nitrogen functional groups attached to an aromatic ring is 3. The Kier molecular flexibility index (Phi) is 15.6. The predicted molar refractivity (Wildman–Crippen MR) is 305 cm³/mol. The van der Waals surface area contributed by atoms with Crippen molar-refractivity contribution in [2.45, 2.75) is 96.0 Å². The van der Waals surface area contributed by atoms with Crippen LogP contribution in [0.1, 0.15) is 105 Å². The van der Waals surface area contributed by atoms with E-state index in [1.165, 1.54) is 58.2 Å². The number of nitrogens with two attached hydrogens (primary N) is 3. The number of Topliss-reactive ketones (excluding diaryl/α,β-unsaturated/α-hetero) is 3. The summed E-state index contributed by atoms with van der Waals surface area (Å²) in [6.45, 7) is 4.19. The average Bonchev–Trinajstić information content (AvgIpc) is 2.23. The fourth-order valence-corrected chi connectivity index (χ4v) is 11.7. The fourth-order valence-electron chi connectivity index (χ4n) is 8.71. The van der Waals surface area contributed by atoms with Crippen LogP contribution in [0.4, 0.5) is 74.4 Å². The first-order valence-electron chi connectivity index (χ1n) is 25.5. The number of thiophene rings is 3. The molecule has 6 heterocycles. The molecule has 0 spiro atoms. The number of halogens is 9. The molecule has 0 bridgehead atoms. The van der Waals surface area contributed by atoms with Crippen LogP contribution >= 0.6 is 34.0 Å². The van der Waals surface area contributed by atoms with Crippen LogP contribution in [0, 0.1) is 0 Å². The number of rotatable bonds is 13. The number of nitrogens with zero attached hydrogens (tertiary/aromatic N) is 6. The number of benzene rings is 3. The van der Waals surface area contributed by atoms with Crippen LogP contribution < -0.4 is 37.9 Å². The first-order valence-corrected chi connectivity index (χ1v) is 28.0. The summed E-state index contributed by atoms with van der Waals surface area (Å²) in [7, 11) is 1.18. The van der Waals surface area contributed by atoms with Gasteiger partial charge in [0, 0.05) is 55.6 Å². The van der Waals surface area contributed by atoms with Gasteiger partial charge in [0.1, 0.15) is 26.0 Å². The molecule has 6 aromatic heterocycles. The van der Waals surface area contributed by atoms with Crippen molar-refractivity contribution in [2.24, 2.45) is 0 Å². The van der Waals surface area contributed by atoms with Gasteiger partial charge in [-0.2, -0.15) is 39.5 Å². The molecule has 0 amide bonds. The van der Waals surface area contributed by atoms with Crippen molar-refractivity contribution in [1.82, 2.24) is 29.9 Å². The highest BCUT2D eigenvalue weighted by Crippen LogP contribution is 2.46. The Bertz CT molecular complexity index is 4100. The Morgan fingerprint density at radius 3 is 1.14 bits per heavy atom. The van der Waals surface area contributed by atoms with Crippen LogP contribution in [0.2, 0.25) is 0 Å². The maximum Gasteiger partial charge on any atom is 0.419 e. The minimum absolute atomic E-state index is 0.180. The van der Waals surface area contributed by atoms with E-state index in [2.05, 4.69) is 45.9 Å². The summed E-state index contributed by atoms with van der Waals surface area (Å²) in [5, 5.41) is 20.7. The minimum Gasteiger partial charge on any atom is -0.507 e. The molecule has 0 radical (unpaired) electrons. The zero-order valence-electron chi connectivity index (χ0n) is 44.4. The quantitative estimate of drug-likeness (QED) is 0.0417. The van der Waals surface area contributed by atoms with E-state index in [0.717, 1.165) is 103 Å². The molecule has 0 unspecified atom stereocenters. The maximum absolute atomic E-state index is 13.2. The van der Waals surface area contributed by atoms with Gasteiger partial charge in [-0.25, -0.2) is 29.9 Å². The lowest BCUT2D eigenvalue weighted by molar-refractivity contribution is -0.139. The molecular formula is C55H47F9N12O5S3. The van der Waals surface area contributed by atoms with E-state index in [1.807, 2.05) is 0 Å². The molecule has 3 saturated carbocycles. The van der Waals surface area contributed by atoms with Crippen molar-refractivity contribution in [3.63, 3.8) is 0 Å². The normalized spacial score (nSPS) is 14.4. The number of methoxy groups -OCH3 is 1. The van der Waals surface area contributed by atoms with Gasteiger partial charge in [-0.15, -0.1) is 34.0 Å². The van der Waals surface area contributed by atoms with E-state index in [-0.39, 0.29) is 63.5 Å². The smallest absolute Gasteiger partial charge is 0.419 e. The lowest BCUT2D eigenvalue weighted by atomic mass is 10.0. The second-order valence-electron chi connectivity index (χ2n) is 19.9. The summed E-state index contributed by atoms with van der Waals surface area (Å²) < 4.78 is 122. The number of fused-ring (bicyclic) bond motifs is 3. The SMILES string of the molecule is CC(=O)c1sc2nc(NC3CC3)nc(-c3ccc(C(F)(F)F)c(O)c3)c2c1N.CC(=O)c1sc2nc(NC3CC3)nc(-c3ccc(C(F)(F)F)cc3)c2c1N.COc1cc(-c2nc(NC3CC3)nc3sc(C(C)=O)c(N)c23)ccc1C(F)(F)F. The van der Waals surface area contributed by atoms with Gasteiger partial charge in [0.05, 0.1) is 88.7 Å². The summed E-state index contributed by atoms with van der Waals surface area (Å²) in [5.74, 6) is -0.822. The lowest BCUT2D eigenvalue weighted by Crippen LogP contribution is -2.08. The maximum atomic E-state index is 13.2. The number of ether oxygens (including phenoxy) is 1. The van der Waals surface area contributed by atoms with Crippen molar-refractivity contribution in [3.05, 3.63) is 92.0 Å². The number of nitrogens with one attached hydrogen (secondary N) is 3. The average molecular weight is 1220 g/mol. The molecule has 0 atom stereocenters. The van der Waals surface area contributed by atoms with Crippen LogP contribution in [0.3, 0.4) is 0 Å². The largest absolute Gasteiger partial charge is 0.507 e. The van der Waals surface area contributed by atoms with Crippen molar-refractivity contribution in [2.75, 3.05) is 40.3 Å². The molecular weight excluding hydrogens is 1180 g/mol. The topological polar surface area (TPSA) is 272 Å². The number of hydrogen-bond donors (Lipinski definition) is 7. The van der Waals surface area contributed by atoms with Crippen LogP contribution in [-0.4, -0.2) is 77.6 Å². The third-order valence-electron chi connectivity index (χ3n) is 13.3. The second kappa shape index (κ2) is 22.3. The van der Waals surface area contributed by atoms with E-state index >= 15 is 0 Å². The molecule has 29 heteroatoms. The Hall–Kier alpha value is -8.44. The molecule has 12 rings (SSSR count). The number of ketones is 3. The highest BCUT2D eigenvalue weighted by atomic mass is 32.1. The standard InChI is InChI=1S/C19H17F3N4O2S.C18H15F3N4O2S.C18H15F3N4OS/c1-8(27)16-14(23)13-15(25-18(24-10-4-5-10)26-17(13)29-16)9-3-6-11(19(20,21)22)12(7-9)28-2;1-7(26)15-13(22)12-14(8-2-5-10(11(27)6-8)18(19,20)21)24-17(23-9-3-4-9)25-16(12)28-15;1-8(26)15-13(22)12-14(9-2-4-10(5-3-9)18(19,20)21)24-17(23-11-6-7-11)25-16(12)27-15/h3,6-7,10H,4-5,23H2,1-2H3,(H,24,25,26);2,5-6,9,27H,3-4,22H2,1H3,(H,23,24,25);2-5,11H,6-7,22H2,1H3,(H,23,24,25).